The lowest BCUT2D eigenvalue weighted by molar-refractivity contribution is 0.474. The number of hydrogen-bond acceptors (Lipinski definition) is 2. The molecule has 0 N–H and O–H groups in total. The van der Waals surface area contributed by atoms with Crippen LogP contribution in [0.4, 0.5) is 0 Å². The Hall–Kier alpha value is -0.370. The largest absolute Gasteiger partial charge is 0.458 e. The molecule has 0 bridgehead atoms. The third-order valence-corrected chi connectivity index (χ3v) is 1.59. The van der Waals surface area contributed by atoms with Gasteiger partial charge in [0, 0.05) is 0 Å². The summed E-state index contributed by atoms with van der Waals surface area (Å²) in [4.78, 5) is 0. The van der Waals surface area contributed by atoms with Crippen LogP contribution in [0.3, 0.4) is 0 Å². The molecular weight excluding hydrogens is 120 g/mol. The van der Waals surface area contributed by atoms with Crippen molar-refractivity contribution >= 4 is 11.8 Å². The molecule has 2 heteroatoms. The first-order valence-electron chi connectivity index (χ1n) is 2.60. The molecule has 0 aromatic carbocycles. The van der Waals surface area contributed by atoms with Crippen molar-refractivity contribution in [3.8, 4) is 0 Å². The normalized spacial score (nSPS) is 9.62. The second-order valence-electron chi connectivity index (χ2n) is 1.37. The van der Waals surface area contributed by atoms with E-state index in [1.54, 1.807) is 18.0 Å². The van der Waals surface area contributed by atoms with Gasteiger partial charge in [-0.1, -0.05) is 18.7 Å². The van der Waals surface area contributed by atoms with Gasteiger partial charge in [-0.25, -0.2) is 0 Å². The molecule has 8 heavy (non-hydrogen) atoms. The molecule has 0 unspecified atom stereocenters. The Morgan fingerprint density at radius 2 is 2.62 bits per heavy atom. The highest BCUT2D eigenvalue weighted by molar-refractivity contribution is 7.99. The van der Waals surface area contributed by atoms with Crippen LogP contribution < -0.4 is 0 Å². The first-order chi connectivity index (χ1) is 3.93. The number of furan rings is 1. The first kappa shape index (κ1) is 5.76. The van der Waals surface area contributed by atoms with E-state index in [0.29, 0.717) is 0 Å². The van der Waals surface area contributed by atoms with Gasteiger partial charge in [0.25, 0.3) is 0 Å². The molecule has 0 atom stereocenters. The predicted octanol–water partition coefficient (Wildman–Crippen LogP) is 2.39. The summed E-state index contributed by atoms with van der Waals surface area (Å²) in [7, 11) is 0. The minimum absolute atomic E-state index is 1.01. The molecule has 0 saturated heterocycles. The van der Waals surface area contributed by atoms with Gasteiger partial charge in [-0.3, -0.25) is 0 Å². The van der Waals surface area contributed by atoms with Gasteiger partial charge >= 0.3 is 0 Å². The van der Waals surface area contributed by atoms with Gasteiger partial charge in [-0.05, 0) is 17.9 Å². The Labute approximate surface area is 53.1 Å². The molecule has 1 aromatic heterocycles. The molecular formula is C6H8OS. The summed E-state index contributed by atoms with van der Waals surface area (Å²) in [5, 5.41) is 1.01. The van der Waals surface area contributed by atoms with Crippen LogP contribution in [-0.2, 0) is 0 Å². The fraction of sp³-hybridized carbons (Fsp3) is 0.333. The van der Waals surface area contributed by atoms with E-state index < -0.39 is 0 Å². The van der Waals surface area contributed by atoms with Gasteiger partial charge in [0.15, 0.2) is 5.09 Å². The summed E-state index contributed by atoms with van der Waals surface area (Å²) >= 11 is 1.72. The van der Waals surface area contributed by atoms with Crippen LogP contribution in [-0.4, -0.2) is 5.75 Å². The number of thioether (sulfide) groups is 1. The smallest absolute Gasteiger partial charge is 0.159 e. The molecule has 0 aliphatic rings. The van der Waals surface area contributed by atoms with Crippen LogP contribution in [0.5, 0.6) is 0 Å². The maximum absolute atomic E-state index is 5.04. The Morgan fingerprint density at radius 1 is 1.75 bits per heavy atom. The van der Waals surface area contributed by atoms with E-state index in [2.05, 4.69) is 6.92 Å². The highest BCUT2D eigenvalue weighted by Crippen LogP contribution is 2.16. The van der Waals surface area contributed by atoms with Gasteiger partial charge in [-0.2, -0.15) is 0 Å². The van der Waals surface area contributed by atoms with Crippen LogP contribution in [0.1, 0.15) is 6.92 Å². The van der Waals surface area contributed by atoms with E-state index in [1.807, 2.05) is 12.1 Å². The van der Waals surface area contributed by atoms with Crippen LogP contribution in [0.2, 0.25) is 0 Å². The standard InChI is InChI=1S/C6H8OS/c1-2-8-6-4-3-5-7-6/h3-5H,2H2,1H3. The van der Waals surface area contributed by atoms with E-state index >= 15 is 0 Å². The summed E-state index contributed by atoms with van der Waals surface area (Å²) in [6.45, 7) is 2.10. The summed E-state index contributed by atoms with van der Waals surface area (Å²) in [6.07, 6.45) is 1.69. The van der Waals surface area contributed by atoms with E-state index in [0.717, 1.165) is 10.8 Å². The minimum atomic E-state index is 1.01. The predicted molar refractivity (Wildman–Crippen MR) is 35.1 cm³/mol. The van der Waals surface area contributed by atoms with Crippen LogP contribution in [0, 0.1) is 0 Å². The summed E-state index contributed by atoms with van der Waals surface area (Å²) in [5.41, 5.74) is 0. The zero-order valence-corrected chi connectivity index (χ0v) is 5.57. The fourth-order valence-electron chi connectivity index (χ4n) is 0.488. The molecule has 0 radical (unpaired) electrons. The SMILES string of the molecule is CCSc1ccco1. The lowest BCUT2D eigenvalue weighted by atomic mass is 10.7. The van der Waals surface area contributed by atoms with Crippen molar-refractivity contribution in [3.05, 3.63) is 18.4 Å². The van der Waals surface area contributed by atoms with Crippen molar-refractivity contribution in [2.45, 2.75) is 12.0 Å². The molecule has 0 spiro atoms. The van der Waals surface area contributed by atoms with Crippen LogP contribution >= 0.6 is 11.8 Å². The minimum Gasteiger partial charge on any atom is -0.458 e. The second kappa shape index (κ2) is 2.82. The van der Waals surface area contributed by atoms with Crippen molar-refractivity contribution in [1.29, 1.82) is 0 Å². The van der Waals surface area contributed by atoms with Gasteiger partial charge < -0.3 is 4.42 Å². The molecule has 0 aliphatic carbocycles. The summed E-state index contributed by atoms with van der Waals surface area (Å²) in [6, 6.07) is 3.87. The molecule has 0 saturated carbocycles. The molecule has 44 valence electrons. The third-order valence-electron chi connectivity index (χ3n) is 0.782. The number of hydrogen-bond donors (Lipinski definition) is 0. The zero-order valence-electron chi connectivity index (χ0n) is 4.76. The second-order valence-corrected chi connectivity index (χ2v) is 2.63. The average molecular weight is 128 g/mol. The molecule has 0 aliphatic heterocycles. The van der Waals surface area contributed by atoms with Gasteiger partial charge in [-0.15, -0.1) is 0 Å². The molecule has 1 nitrogen and oxygen atoms in total. The maximum atomic E-state index is 5.04. The maximum Gasteiger partial charge on any atom is 0.159 e. The van der Waals surface area contributed by atoms with Gasteiger partial charge in [0.2, 0.25) is 0 Å². The number of rotatable bonds is 2. The van der Waals surface area contributed by atoms with E-state index in [-0.39, 0.29) is 0 Å². The van der Waals surface area contributed by atoms with Crippen LogP contribution in [0.15, 0.2) is 27.9 Å². The van der Waals surface area contributed by atoms with E-state index in [1.165, 1.54) is 0 Å². The van der Waals surface area contributed by atoms with Gasteiger partial charge in [0.05, 0.1) is 6.26 Å². The molecule has 1 rings (SSSR count). The van der Waals surface area contributed by atoms with E-state index in [4.69, 9.17) is 4.42 Å². The highest BCUT2D eigenvalue weighted by atomic mass is 32.2. The van der Waals surface area contributed by atoms with Crippen LogP contribution in [0.25, 0.3) is 0 Å². The third kappa shape index (κ3) is 1.30. The fourth-order valence-corrected chi connectivity index (χ4v) is 1.07. The Bertz CT molecular complexity index is 134. The quantitative estimate of drug-likeness (QED) is 0.567. The molecule has 0 amide bonds. The summed E-state index contributed by atoms with van der Waals surface area (Å²) in [5.74, 6) is 1.08. The summed E-state index contributed by atoms with van der Waals surface area (Å²) < 4.78 is 5.04. The van der Waals surface area contributed by atoms with Crippen molar-refractivity contribution in [2.75, 3.05) is 5.75 Å². The average Bonchev–Trinajstić information content (AvgIpc) is 2.19. The molecule has 1 aromatic rings. The van der Waals surface area contributed by atoms with Crippen molar-refractivity contribution < 1.29 is 4.42 Å². The van der Waals surface area contributed by atoms with Crippen molar-refractivity contribution in [3.63, 3.8) is 0 Å². The zero-order chi connectivity index (χ0) is 5.82. The van der Waals surface area contributed by atoms with Crippen molar-refractivity contribution in [2.24, 2.45) is 0 Å². The monoisotopic (exact) mass is 128 g/mol. The highest BCUT2D eigenvalue weighted by Gasteiger charge is 1.89. The Kier molecular flexibility index (Phi) is 2.03. The van der Waals surface area contributed by atoms with Gasteiger partial charge in [0.1, 0.15) is 0 Å². The molecule has 1 heterocycles. The first-order valence-corrected chi connectivity index (χ1v) is 3.58. The Balaban J connectivity index is 2.50. The van der Waals surface area contributed by atoms with E-state index in [9.17, 15) is 0 Å². The lowest BCUT2D eigenvalue weighted by Crippen LogP contribution is -1.62. The Morgan fingerprint density at radius 3 is 3.12 bits per heavy atom. The lowest BCUT2D eigenvalue weighted by Gasteiger charge is -1.85. The van der Waals surface area contributed by atoms with Crippen molar-refractivity contribution in [1.82, 2.24) is 0 Å². The topological polar surface area (TPSA) is 13.1 Å². The molecule has 0 fully saturated rings.